The van der Waals surface area contributed by atoms with E-state index >= 15 is 0 Å². The van der Waals surface area contributed by atoms with Crippen molar-refractivity contribution in [2.24, 2.45) is 0 Å². The molecule has 0 saturated carbocycles. The van der Waals surface area contributed by atoms with Crippen molar-refractivity contribution in [1.82, 2.24) is 0 Å². The Labute approximate surface area is 135 Å². The second kappa shape index (κ2) is 291. The summed E-state index contributed by atoms with van der Waals surface area (Å²) in [5.74, 6) is 0. The van der Waals surface area contributed by atoms with Crippen LogP contribution in [-0.2, 0) is 68.3 Å². The zero-order valence-corrected chi connectivity index (χ0v) is 11.8. The van der Waals surface area contributed by atoms with E-state index in [2.05, 4.69) is 0 Å². The molecule has 0 aromatic heterocycles. The van der Waals surface area contributed by atoms with Gasteiger partial charge in [0, 0.05) is 18.6 Å². The minimum absolute atomic E-state index is 0. The summed E-state index contributed by atoms with van der Waals surface area (Å²) in [5, 5.41) is 13.9. The standard InChI is InChI=1S/CH2O3.Li.Nb.5H2O.5O.V/c2-1(3)4;;;;;;;;;;;;;/h(H2,2,3,4);;;5*1H2;;;;;;/q;+1;+5;;;;;;5*-2;/p-1. The van der Waals surface area contributed by atoms with E-state index in [1.807, 2.05) is 0 Å². The Morgan fingerprint density at radius 1 is 0.706 bits per heavy atom. The van der Waals surface area contributed by atoms with Crippen molar-refractivity contribution in [2.75, 3.05) is 0 Å². The molecule has 0 atom stereocenters. The Hall–Kier alpha value is 0.792. The topological polar surface area (TPSA) is 356 Å². The number of hydrogen-bond donors (Lipinski definition) is 2. The first-order valence-electron chi connectivity index (χ1n) is 0.651. The summed E-state index contributed by atoms with van der Waals surface area (Å²) in [6.45, 7) is 0. The van der Waals surface area contributed by atoms with E-state index in [1.54, 1.807) is 0 Å². The molecule has 0 aromatic rings. The van der Waals surface area contributed by atoms with Gasteiger partial charge in [0.1, 0.15) is 0 Å². The van der Waals surface area contributed by atoms with Gasteiger partial charge in [0.25, 0.3) is 0 Å². The van der Waals surface area contributed by atoms with Crippen LogP contribution in [0.3, 0.4) is 0 Å². The number of carboxylic acid groups (broad SMARTS) is 2. The van der Waals surface area contributed by atoms with Crippen molar-refractivity contribution >= 4 is 6.16 Å². The van der Waals surface area contributed by atoms with Crippen molar-refractivity contribution in [1.29, 1.82) is 0 Å². The van der Waals surface area contributed by atoms with Gasteiger partial charge in [0.05, 0.1) is 0 Å². The SMILES string of the molecule is O.O.O.O.O=C(O)O.[Li+].[Nb+5].[O-2].[O-2].[O-2].[O-2].[O-2].[OH-].[V]. The molecule has 16 heteroatoms. The van der Waals surface area contributed by atoms with Crippen LogP contribution < -0.4 is 18.9 Å². The number of rotatable bonds is 0. The summed E-state index contributed by atoms with van der Waals surface area (Å²) in [6.07, 6.45) is -1.83. The molecule has 0 saturated heterocycles. The van der Waals surface area contributed by atoms with Crippen molar-refractivity contribution in [3.05, 3.63) is 0 Å². The van der Waals surface area contributed by atoms with Crippen LogP contribution in [0, 0.1) is 0 Å². The van der Waals surface area contributed by atoms with Crippen molar-refractivity contribution < 1.29 is 130 Å². The molecule has 0 fully saturated rings. The van der Waals surface area contributed by atoms with Crippen LogP contribution in [0.25, 0.3) is 0 Å². The van der Waals surface area contributed by atoms with E-state index in [0.29, 0.717) is 0 Å². The van der Waals surface area contributed by atoms with Gasteiger partial charge in [-0.05, 0) is 0 Å². The average Bonchev–Trinajstić information content (AvgIpc) is 0.811. The third-order valence-electron chi connectivity index (χ3n) is 0. The first kappa shape index (κ1) is 349. The van der Waals surface area contributed by atoms with E-state index in [-0.39, 0.29) is 115 Å². The Bertz CT molecular complexity index is 44.4. The molecular weight excluding hydrogens is 371 g/mol. The fourth-order valence-electron chi connectivity index (χ4n) is 0. The average molecular weight is 382 g/mol. The summed E-state index contributed by atoms with van der Waals surface area (Å²) < 4.78 is 0. The van der Waals surface area contributed by atoms with E-state index < -0.39 is 6.16 Å². The quantitative estimate of drug-likeness (QED) is 0.385. The third kappa shape index (κ3) is 5860. The maximum Gasteiger partial charge on any atom is 5.00 e. The molecule has 0 aliphatic rings. The molecule has 0 aliphatic heterocycles. The van der Waals surface area contributed by atoms with Crippen molar-refractivity contribution in [2.45, 2.75) is 0 Å². The largest absolute Gasteiger partial charge is 5.00 e. The van der Waals surface area contributed by atoms with E-state index in [1.165, 1.54) is 0 Å². The number of hydrogen-bond acceptors (Lipinski definition) is 2. The Kier molecular flexibility index (Phi) is 5980. The second-order valence-electron chi connectivity index (χ2n) is 0.283. The van der Waals surface area contributed by atoms with Gasteiger partial charge in [-0.2, -0.15) is 0 Å². The van der Waals surface area contributed by atoms with E-state index in [9.17, 15) is 0 Å². The van der Waals surface area contributed by atoms with Crippen LogP contribution in [0.2, 0.25) is 0 Å². The molecular formula is CH11LiNbO13V-5. The van der Waals surface area contributed by atoms with Crippen molar-refractivity contribution in [3.8, 4) is 0 Å². The first-order chi connectivity index (χ1) is 1.73. The van der Waals surface area contributed by atoms with E-state index in [0.717, 1.165) is 0 Å². The molecule has 0 bridgehead atoms. The summed E-state index contributed by atoms with van der Waals surface area (Å²) >= 11 is 0. The van der Waals surface area contributed by atoms with Gasteiger partial charge in [-0.1, -0.05) is 0 Å². The monoisotopic (exact) mass is 382 g/mol. The first-order valence-corrected chi connectivity index (χ1v) is 0.651. The summed E-state index contributed by atoms with van der Waals surface area (Å²) in [5.41, 5.74) is 0. The number of carbonyl (C=O) groups is 1. The summed E-state index contributed by atoms with van der Waals surface area (Å²) in [7, 11) is 0. The molecule has 13 nitrogen and oxygen atoms in total. The van der Waals surface area contributed by atoms with Crippen LogP contribution in [0.1, 0.15) is 0 Å². The van der Waals surface area contributed by atoms with Gasteiger partial charge >= 0.3 is 47.4 Å². The molecule has 109 valence electrons. The minimum Gasteiger partial charge on any atom is -2.00 e. The van der Waals surface area contributed by atoms with Crippen molar-refractivity contribution in [3.63, 3.8) is 0 Å². The van der Waals surface area contributed by atoms with Crippen LogP contribution >= 0.6 is 0 Å². The fourth-order valence-corrected chi connectivity index (χ4v) is 0. The molecule has 0 spiro atoms. The Morgan fingerprint density at radius 3 is 0.706 bits per heavy atom. The van der Waals surface area contributed by atoms with Crippen LogP contribution in [0.15, 0.2) is 0 Å². The third-order valence-corrected chi connectivity index (χ3v) is 0. The van der Waals surface area contributed by atoms with Crippen LogP contribution in [0.4, 0.5) is 4.79 Å². The minimum atomic E-state index is -1.83. The molecule has 11 N–H and O–H groups in total. The smallest absolute Gasteiger partial charge is 2.00 e. The molecule has 1 radical (unpaired) electrons. The van der Waals surface area contributed by atoms with Gasteiger partial charge < -0.3 is 65.0 Å². The molecule has 0 aromatic carbocycles. The second-order valence-corrected chi connectivity index (χ2v) is 0.283. The maximum absolute atomic E-state index is 8.56. The predicted molar refractivity (Wildman–Crippen MR) is 30.5 cm³/mol. The van der Waals surface area contributed by atoms with Gasteiger partial charge in [-0.3, -0.25) is 0 Å². The Balaban J connectivity index is -0.000000000577. The molecule has 0 amide bonds. The molecule has 0 unspecified atom stereocenters. The van der Waals surface area contributed by atoms with E-state index in [4.69, 9.17) is 15.0 Å². The molecule has 0 heterocycles. The van der Waals surface area contributed by atoms with Crippen LogP contribution in [0.5, 0.6) is 0 Å². The zero-order valence-electron chi connectivity index (χ0n) is 8.19. The van der Waals surface area contributed by atoms with Gasteiger partial charge in [-0.15, -0.1) is 0 Å². The van der Waals surface area contributed by atoms with Gasteiger partial charge in [-0.25, -0.2) is 4.79 Å². The molecule has 17 heavy (non-hydrogen) atoms. The molecule has 0 aliphatic carbocycles. The predicted octanol–water partition coefficient (Wildman–Crippen LogP) is -6.85. The maximum atomic E-state index is 8.56. The van der Waals surface area contributed by atoms with Crippen LogP contribution in [-0.4, -0.2) is 43.7 Å². The van der Waals surface area contributed by atoms with Gasteiger partial charge in [0.2, 0.25) is 0 Å². The van der Waals surface area contributed by atoms with Gasteiger partial charge in [0.15, 0.2) is 0 Å². The Morgan fingerprint density at radius 2 is 0.706 bits per heavy atom. The summed E-state index contributed by atoms with van der Waals surface area (Å²) in [6, 6.07) is 0. The normalized spacial score (nSPS) is 1.41. The summed E-state index contributed by atoms with van der Waals surface area (Å²) in [4.78, 5) is 8.56. The zero-order chi connectivity index (χ0) is 3.58. The molecule has 0 rings (SSSR count). The fraction of sp³-hybridized carbons (Fsp3) is 0.